The number of alkyl carbamates (subject to hydrolysis) is 1. The number of hydrogen-bond donors (Lipinski definition) is 1. The summed E-state index contributed by atoms with van der Waals surface area (Å²) in [5, 5.41) is 2.61. The molecule has 2 aromatic carbocycles. The van der Waals surface area contributed by atoms with Crippen molar-refractivity contribution in [1.82, 2.24) is 5.32 Å². The van der Waals surface area contributed by atoms with Crippen LogP contribution >= 0.6 is 0 Å². The zero-order chi connectivity index (χ0) is 28.0. The SMILES string of the molecule is C=Cc1c(CNC(=O)OC(C)(C)C)cc(-c2ccc(OC(F)(F)F)cc2)c(C)c1N(CC#CC)C(F)F. The third-order valence-electron chi connectivity index (χ3n) is 5.05. The number of nitrogens with zero attached hydrogens (tertiary/aromatic N) is 1. The van der Waals surface area contributed by atoms with Crippen LogP contribution in [-0.2, 0) is 11.3 Å². The van der Waals surface area contributed by atoms with E-state index in [1.54, 1.807) is 33.8 Å². The predicted molar refractivity (Wildman–Crippen MR) is 133 cm³/mol. The summed E-state index contributed by atoms with van der Waals surface area (Å²) in [4.78, 5) is 13.1. The molecule has 5 nitrogen and oxygen atoms in total. The maximum atomic E-state index is 14.2. The van der Waals surface area contributed by atoms with Gasteiger partial charge in [-0.3, -0.25) is 0 Å². The molecule has 200 valence electrons. The highest BCUT2D eigenvalue weighted by Crippen LogP contribution is 2.39. The fourth-order valence-corrected chi connectivity index (χ4v) is 3.61. The highest BCUT2D eigenvalue weighted by molar-refractivity contribution is 5.83. The van der Waals surface area contributed by atoms with Gasteiger partial charge < -0.3 is 19.7 Å². The standard InChI is InChI=1S/C27H29F5N2O3/c1-7-9-14-34(24(28)29)23-17(3)22(18-10-12-20(13-11-18)36-27(30,31)32)15-19(21(23)8-2)16-33-25(35)37-26(4,5)6/h8,10-13,15,24H,2,14,16H2,1,3-6H3,(H,33,35). The van der Waals surface area contributed by atoms with Crippen molar-refractivity contribution in [3.8, 4) is 28.7 Å². The van der Waals surface area contributed by atoms with Crippen LogP contribution in [0.4, 0.5) is 32.4 Å². The van der Waals surface area contributed by atoms with E-state index in [1.165, 1.54) is 25.1 Å². The topological polar surface area (TPSA) is 50.8 Å². The van der Waals surface area contributed by atoms with Crippen LogP contribution in [-0.4, -0.2) is 31.2 Å². The molecule has 2 rings (SSSR count). The first-order valence-electron chi connectivity index (χ1n) is 11.2. The number of amides is 1. The summed E-state index contributed by atoms with van der Waals surface area (Å²) in [6.45, 7) is 8.75. The van der Waals surface area contributed by atoms with Crippen LogP contribution in [0.5, 0.6) is 5.75 Å². The molecule has 0 aliphatic rings. The summed E-state index contributed by atoms with van der Waals surface area (Å²) in [5.74, 6) is 4.82. The quantitative estimate of drug-likeness (QED) is 0.224. The zero-order valence-corrected chi connectivity index (χ0v) is 21.2. The van der Waals surface area contributed by atoms with Gasteiger partial charge in [-0.25, -0.2) is 4.79 Å². The van der Waals surface area contributed by atoms with E-state index in [9.17, 15) is 26.7 Å². The minimum absolute atomic E-state index is 0.0810. The van der Waals surface area contributed by atoms with Crippen LogP contribution in [0.25, 0.3) is 17.2 Å². The Morgan fingerprint density at radius 2 is 1.81 bits per heavy atom. The zero-order valence-electron chi connectivity index (χ0n) is 21.2. The van der Waals surface area contributed by atoms with Crippen molar-refractivity contribution < 1.29 is 36.2 Å². The van der Waals surface area contributed by atoms with Crippen LogP contribution in [0.3, 0.4) is 0 Å². The van der Waals surface area contributed by atoms with Crippen molar-refractivity contribution in [1.29, 1.82) is 0 Å². The van der Waals surface area contributed by atoms with Crippen molar-refractivity contribution >= 4 is 17.9 Å². The number of benzene rings is 2. The van der Waals surface area contributed by atoms with Gasteiger partial charge in [-0.2, -0.15) is 8.78 Å². The van der Waals surface area contributed by atoms with Crippen molar-refractivity contribution in [3.05, 3.63) is 53.6 Å². The molecule has 0 saturated carbocycles. The monoisotopic (exact) mass is 524 g/mol. The Labute approximate surface area is 213 Å². The molecule has 1 amide bonds. The molecular weight excluding hydrogens is 495 g/mol. The van der Waals surface area contributed by atoms with E-state index >= 15 is 0 Å². The molecule has 0 spiro atoms. The van der Waals surface area contributed by atoms with Crippen molar-refractivity contribution in [2.75, 3.05) is 11.4 Å². The summed E-state index contributed by atoms with van der Waals surface area (Å²) < 4.78 is 75.3. The van der Waals surface area contributed by atoms with Gasteiger partial charge in [0.25, 0.3) is 0 Å². The van der Waals surface area contributed by atoms with Crippen molar-refractivity contribution in [3.63, 3.8) is 0 Å². The Balaban J connectivity index is 2.66. The number of alkyl halides is 5. The predicted octanol–water partition coefficient (Wildman–Crippen LogP) is 7.28. The maximum Gasteiger partial charge on any atom is 0.573 e. The summed E-state index contributed by atoms with van der Waals surface area (Å²) in [6, 6.07) is 6.72. The van der Waals surface area contributed by atoms with E-state index in [4.69, 9.17) is 4.74 Å². The lowest BCUT2D eigenvalue weighted by atomic mass is 9.91. The number of nitrogens with one attached hydrogen (secondary N) is 1. The van der Waals surface area contributed by atoms with Crippen molar-refractivity contribution in [2.45, 2.75) is 59.7 Å². The van der Waals surface area contributed by atoms with E-state index in [-0.39, 0.29) is 18.8 Å². The first kappa shape index (κ1) is 29.5. The Hall–Kier alpha value is -3.74. The highest BCUT2D eigenvalue weighted by atomic mass is 19.4. The second-order valence-electron chi connectivity index (χ2n) is 8.93. The molecule has 0 radical (unpaired) electrons. The van der Waals surface area contributed by atoms with Crippen LogP contribution in [0, 0.1) is 18.8 Å². The molecular formula is C27H29F5N2O3. The van der Waals surface area contributed by atoms with Gasteiger partial charge >= 0.3 is 19.0 Å². The fourth-order valence-electron chi connectivity index (χ4n) is 3.61. The van der Waals surface area contributed by atoms with E-state index in [1.807, 2.05) is 0 Å². The van der Waals surface area contributed by atoms with E-state index in [0.717, 1.165) is 17.0 Å². The number of carbonyl (C=O) groups is 1. The molecule has 0 unspecified atom stereocenters. The number of carbonyl (C=O) groups excluding carboxylic acids is 1. The first-order valence-corrected chi connectivity index (χ1v) is 11.2. The molecule has 0 heterocycles. The van der Waals surface area contributed by atoms with Gasteiger partial charge in [0.1, 0.15) is 11.4 Å². The van der Waals surface area contributed by atoms with Gasteiger partial charge in [0.2, 0.25) is 0 Å². The fraction of sp³-hybridized carbons (Fsp3) is 0.370. The summed E-state index contributed by atoms with van der Waals surface area (Å²) in [5.41, 5.74) is 1.55. The minimum atomic E-state index is -4.85. The molecule has 10 heteroatoms. The number of ether oxygens (including phenoxy) is 2. The van der Waals surface area contributed by atoms with Crippen LogP contribution < -0.4 is 15.0 Å². The van der Waals surface area contributed by atoms with E-state index in [0.29, 0.717) is 27.8 Å². The minimum Gasteiger partial charge on any atom is -0.444 e. The molecule has 0 aromatic heterocycles. The van der Waals surface area contributed by atoms with Gasteiger partial charge in [-0.1, -0.05) is 30.7 Å². The molecule has 0 aliphatic carbocycles. The van der Waals surface area contributed by atoms with Crippen LogP contribution in [0.1, 0.15) is 44.4 Å². The number of halogens is 5. The van der Waals surface area contributed by atoms with Crippen molar-refractivity contribution in [2.24, 2.45) is 0 Å². The maximum absolute atomic E-state index is 14.2. The largest absolute Gasteiger partial charge is 0.573 e. The normalized spacial score (nSPS) is 11.4. The summed E-state index contributed by atoms with van der Waals surface area (Å²) in [7, 11) is 0. The Kier molecular flexibility index (Phi) is 9.56. The smallest absolute Gasteiger partial charge is 0.444 e. The molecule has 1 N–H and O–H groups in total. The third kappa shape index (κ3) is 8.41. The highest BCUT2D eigenvalue weighted by Gasteiger charge is 2.31. The Morgan fingerprint density at radius 3 is 2.30 bits per heavy atom. The van der Waals surface area contributed by atoms with E-state index < -0.39 is 30.4 Å². The summed E-state index contributed by atoms with van der Waals surface area (Å²) in [6.07, 6.45) is -4.15. The Bertz CT molecular complexity index is 1170. The van der Waals surface area contributed by atoms with E-state index in [2.05, 4.69) is 28.5 Å². The molecule has 0 fully saturated rings. The van der Waals surface area contributed by atoms with Crippen LogP contribution in [0.2, 0.25) is 0 Å². The molecule has 0 aliphatic heterocycles. The average molecular weight is 525 g/mol. The second kappa shape index (κ2) is 12.0. The number of rotatable bonds is 8. The average Bonchev–Trinajstić information content (AvgIpc) is 2.77. The lowest BCUT2D eigenvalue weighted by Crippen LogP contribution is -2.33. The molecule has 0 atom stereocenters. The second-order valence-corrected chi connectivity index (χ2v) is 8.93. The lowest BCUT2D eigenvalue weighted by molar-refractivity contribution is -0.274. The Morgan fingerprint density at radius 1 is 1.19 bits per heavy atom. The van der Waals surface area contributed by atoms with Gasteiger partial charge in [0.15, 0.2) is 0 Å². The van der Waals surface area contributed by atoms with Gasteiger partial charge in [-0.15, -0.1) is 19.1 Å². The lowest BCUT2D eigenvalue weighted by Gasteiger charge is -2.29. The summed E-state index contributed by atoms with van der Waals surface area (Å²) >= 11 is 0. The van der Waals surface area contributed by atoms with Gasteiger partial charge in [0, 0.05) is 12.1 Å². The molecule has 2 aromatic rings. The number of hydrogen-bond acceptors (Lipinski definition) is 4. The number of anilines is 1. The van der Waals surface area contributed by atoms with Crippen LogP contribution in [0.15, 0.2) is 36.9 Å². The molecule has 37 heavy (non-hydrogen) atoms. The molecule has 0 saturated heterocycles. The van der Waals surface area contributed by atoms with Gasteiger partial charge in [-0.05, 0) is 75.1 Å². The third-order valence-corrected chi connectivity index (χ3v) is 5.05. The van der Waals surface area contributed by atoms with Gasteiger partial charge in [0.05, 0.1) is 12.2 Å². The first-order chi connectivity index (χ1) is 17.2. The molecule has 0 bridgehead atoms.